The molecule has 0 aromatic heterocycles. The third-order valence-corrected chi connectivity index (χ3v) is 2.56. The van der Waals surface area contributed by atoms with Crippen molar-refractivity contribution < 1.29 is 9.23 Å². The average molecular weight is 242 g/mol. The molecule has 91 valence electrons. The van der Waals surface area contributed by atoms with Crippen molar-refractivity contribution in [2.45, 2.75) is 13.5 Å². The minimum atomic E-state index is -0.277. The van der Waals surface area contributed by atoms with Crippen LogP contribution in [-0.2, 0) is 11.4 Å². The smallest absolute Gasteiger partial charge is 0.142 e. The fourth-order valence-corrected chi connectivity index (χ4v) is 1.48. The lowest BCUT2D eigenvalue weighted by atomic mass is 10.1. The zero-order valence-electron chi connectivity index (χ0n) is 10.1. The Morgan fingerprint density at radius 2 is 1.83 bits per heavy atom. The van der Waals surface area contributed by atoms with Crippen molar-refractivity contribution in [2.75, 3.05) is 0 Å². The van der Waals surface area contributed by atoms with Gasteiger partial charge in [0.1, 0.15) is 18.6 Å². The van der Waals surface area contributed by atoms with Gasteiger partial charge in [0.25, 0.3) is 0 Å². The summed E-state index contributed by atoms with van der Waals surface area (Å²) in [5.41, 5.74) is 2.93. The van der Waals surface area contributed by atoms with Gasteiger partial charge in [0, 0.05) is 5.56 Å². The third-order valence-electron chi connectivity index (χ3n) is 2.56. The Kier molecular flexibility index (Phi) is 4.07. The Hall–Kier alpha value is -2.16. The maximum absolute atomic E-state index is 12.7. The summed E-state index contributed by atoms with van der Waals surface area (Å²) >= 11 is 0. The molecule has 0 atom stereocenters. The number of benzene rings is 2. The van der Waals surface area contributed by atoms with Gasteiger partial charge >= 0.3 is 0 Å². The summed E-state index contributed by atoms with van der Waals surface area (Å²) in [5, 5.41) is 3.74. The van der Waals surface area contributed by atoms with Crippen LogP contribution in [0.3, 0.4) is 0 Å². The SMILES string of the molecule is Cc1ccccc1CO/N=[C]\c1ccc(F)cc1. The quantitative estimate of drug-likeness (QED) is 0.593. The van der Waals surface area contributed by atoms with Crippen LogP contribution in [0, 0.1) is 12.7 Å². The van der Waals surface area contributed by atoms with E-state index in [1.54, 1.807) is 12.1 Å². The van der Waals surface area contributed by atoms with Crippen molar-refractivity contribution in [3.63, 3.8) is 0 Å². The number of aryl methyl sites for hydroxylation is 1. The maximum atomic E-state index is 12.7. The van der Waals surface area contributed by atoms with Gasteiger partial charge in [-0.25, -0.2) is 4.39 Å². The second kappa shape index (κ2) is 5.96. The third kappa shape index (κ3) is 3.42. The van der Waals surface area contributed by atoms with Crippen LogP contribution in [0.5, 0.6) is 0 Å². The molecule has 0 aliphatic rings. The second-order valence-corrected chi connectivity index (χ2v) is 3.91. The Bertz CT molecular complexity index is 534. The van der Waals surface area contributed by atoms with E-state index in [1.165, 1.54) is 12.1 Å². The van der Waals surface area contributed by atoms with Crippen LogP contribution in [0.25, 0.3) is 0 Å². The molecule has 1 radical (unpaired) electrons. The lowest BCUT2D eigenvalue weighted by molar-refractivity contribution is 0.131. The molecule has 2 nitrogen and oxygen atoms in total. The van der Waals surface area contributed by atoms with Gasteiger partial charge in [-0.15, -0.1) is 0 Å². The normalized spacial score (nSPS) is 10.8. The summed E-state index contributed by atoms with van der Waals surface area (Å²) in [5.74, 6) is -0.277. The zero-order valence-corrected chi connectivity index (χ0v) is 10.1. The van der Waals surface area contributed by atoms with Crippen LogP contribution >= 0.6 is 0 Å². The van der Waals surface area contributed by atoms with Crippen LogP contribution in [0.15, 0.2) is 53.7 Å². The molecule has 18 heavy (non-hydrogen) atoms. The summed E-state index contributed by atoms with van der Waals surface area (Å²) in [7, 11) is 0. The Morgan fingerprint density at radius 1 is 1.11 bits per heavy atom. The molecule has 0 saturated carbocycles. The highest BCUT2D eigenvalue weighted by Gasteiger charge is 1.96. The van der Waals surface area contributed by atoms with Gasteiger partial charge in [0.15, 0.2) is 0 Å². The van der Waals surface area contributed by atoms with Gasteiger partial charge in [-0.3, -0.25) is 0 Å². The second-order valence-electron chi connectivity index (χ2n) is 3.91. The molecule has 0 aliphatic heterocycles. The zero-order chi connectivity index (χ0) is 12.8. The standard InChI is InChI=1S/C15H13FNO/c1-12-4-2-3-5-14(12)11-18-17-10-13-6-8-15(16)9-7-13/h2-9H,11H2,1H3. The number of hydrogen-bond acceptors (Lipinski definition) is 2. The highest BCUT2D eigenvalue weighted by atomic mass is 19.1. The molecular formula is C15H13FNO. The van der Waals surface area contributed by atoms with Crippen LogP contribution in [0.1, 0.15) is 16.7 Å². The summed E-state index contributed by atoms with van der Waals surface area (Å²) in [6.45, 7) is 2.42. The summed E-state index contributed by atoms with van der Waals surface area (Å²) in [4.78, 5) is 5.15. The van der Waals surface area contributed by atoms with Crippen molar-refractivity contribution in [1.29, 1.82) is 0 Å². The Labute approximate surface area is 106 Å². The minimum Gasteiger partial charge on any atom is -0.390 e. The number of halogens is 1. The van der Waals surface area contributed by atoms with Gasteiger partial charge in [0.05, 0.1) is 0 Å². The molecule has 2 rings (SSSR count). The fraction of sp³-hybridized carbons (Fsp3) is 0.133. The van der Waals surface area contributed by atoms with Gasteiger partial charge in [-0.2, -0.15) is 0 Å². The first-order valence-corrected chi connectivity index (χ1v) is 5.64. The lowest BCUT2D eigenvalue weighted by Gasteiger charge is -2.02. The highest BCUT2D eigenvalue weighted by Crippen LogP contribution is 2.08. The summed E-state index contributed by atoms with van der Waals surface area (Å²) in [6.07, 6.45) is 2.70. The molecule has 0 spiro atoms. The van der Waals surface area contributed by atoms with Crippen molar-refractivity contribution >= 4 is 6.21 Å². The number of nitrogens with zero attached hydrogens (tertiary/aromatic N) is 1. The maximum Gasteiger partial charge on any atom is 0.142 e. The first-order valence-electron chi connectivity index (χ1n) is 5.64. The highest BCUT2D eigenvalue weighted by molar-refractivity contribution is 5.78. The molecule has 2 aromatic carbocycles. The van der Waals surface area contributed by atoms with E-state index in [-0.39, 0.29) is 5.82 Å². The predicted molar refractivity (Wildman–Crippen MR) is 68.9 cm³/mol. The Balaban J connectivity index is 1.89. The molecule has 0 N–H and O–H groups in total. The fourth-order valence-electron chi connectivity index (χ4n) is 1.48. The molecule has 0 aliphatic carbocycles. The molecule has 0 unspecified atom stereocenters. The summed E-state index contributed by atoms with van der Waals surface area (Å²) < 4.78 is 12.7. The largest absolute Gasteiger partial charge is 0.390 e. The molecule has 2 aromatic rings. The van der Waals surface area contributed by atoms with Gasteiger partial charge in [-0.05, 0) is 42.3 Å². The van der Waals surface area contributed by atoms with Crippen LogP contribution in [0.2, 0.25) is 0 Å². The molecular weight excluding hydrogens is 229 g/mol. The molecule has 0 amide bonds. The molecule has 0 fully saturated rings. The minimum absolute atomic E-state index is 0.277. The predicted octanol–water partition coefficient (Wildman–Crippen LogP) is 3.56. The van der Waals surface area contributed by atoms with Crippen LogP contribution in [-0.4, -0.2) is 6.21 Å². The van der Waals surface area contributed by atoms with E-state index in [9.17, 15) is 4.39 Å². The van der Waals surface area contributed by atoms with E-state index >= 15 is 0 Å². The van der Waals surface area contributed by atoms with E-state index in [0.29, 0.717) is 12.2 Å². The molecule has 0 heterocycles. The lowest BCUT2D eigenvalue weighted by Crippen LogP contribution is -1.91. The van der Waals surface area contributed by atoms with Gasteiger partial charge in [-0.1, -0.05) is 29.4 Å². The molecule has 0 bridgehead atoms. The number of rotatable bonds is 4. The van der Waals surface area contributed by atoms with E-state index in [0.717, 1.165) is 11.1 Å². The van der Waals surface area contributed by atoms with Crippen molar-refractivity contribution in [1.82, 2.24) is 0 Å². The van der Waals surface area contributed by atoms with Crippen molar-refractivity contribution in [3.8, 4) is 0 Å². The first kappa shape index (κ1) is 12.3. The van der Waals surface area contributed by atoms with E-state index in [2.05, 4.69) is 11.4 Å². The Morgan fingerprint density at radius 3 is 2.56 bits per heavy atom. The molecule has 0 saturated heterocycles. The van der Waals surface area contributed by atoms with Crippen LogP contribution < -0.4 is 0 Å². The van der Waals surface area contributed by atoms with Gasteiger partial charge in [0.2, 0.25) is 0 Å². The first-order chi connectivity index (χ1) is 8.75. The van der Waals surface area contributed by atoms with E-state index in [1.807, 2.05) is 31.2 Å². The van der Waals surface area contributed by atoms with Crippen LogP contribution in [0.4, 0.5) is 4.39 Å². The topological polar surface area (TPSA) is 21.6 Å². The monoisotopic (exact) mass is 242 g/mol. The van der Waals surface area contributed by atoms with Gasteiger partial charge < -0.3 is 4.84 Å². The summed E-state index contributed by atoms with van der Waals surface area (Å²) in [6, 6.07) is 13.9. The van der Waals surface area contributed by atoms with E-state index < -0.39 is 0 Å². The van der Waals surface area contributed by atoms with Crippen molar-refractivity contribution in [2.24, 2.45) is 5.16 Å². The number of hydrogen-bond donors (Lipinski definition) is 0. The average Bonchev–Trinajstić information content (AvgIpc) is 2.39. The van der Waals surface area contributed by atoms with E-state index in [4.69, 9.17) is 4.84 Å². The molecule has 3 heteroatoms. The van der Waals surface area contributed by atoms with Crippen molar-refractivity contribution in [3.05, 3.63) is 71.0 Å².